The standard InChI is InChI=1S/C21H16Cl2N2O5S/c1-28-13-4-2-12(3-5-13)25-9-14(30-21(25)31)10-29-18-8-17(20(26)27)24-16-7-11(22)6-15(23)19(16)18/h2-8,14H,9-10H2,1H3,(H,26,27). The number of carboxylic acid groups (broad SMARTS) is 1. The summed E-state index contributed by atoms with van der Waals surface area (Å²) in [6, 6.07) is 11.9. The molecule has 1 fully saturated rings. The predicted molar refractivity (Wildman–Crippen MR) is 122 cm³/mol. The van der Waals surface area contributed by atoms with Crippen LogP contribution < -0.4 is 14.4 Å². The van der Waals surface area contributed by atoms with Gasteiger partial charge in [0.05, 0.1) is 29.6 Å². The van der Waals surface area contributed by atoms with Crippen LogP contribution in [0.25, 0.3) is 10.9 Å². The quantitative estimate of drug-likeness (QED) is 0.505. The molecular formula is C21H16Cl2N2O5S. The molecule has 0 spiro atoms. The number of benzene rings is 2. The van der Waals surface area contributed by atoms with Crippen LogP contribution in [0.1, 0.15) is 10.5 Å². The molecule has 1 atom stereocenters. The van der Waals surface area contributed by atoms with Gasteiger partial charge in [-0.3, -0.25) is 4.90 Å². The van der Waals surface area contributed by atoms with Crippen LogP contribution in [0.5, 0.6) is 11.5 Å². The van der Waals surface area contributed by atoms with Crippen LogP contribution >= 0.6 is 35.4 Å². The van der Waals surface area contributed by atoms with E-state index in [1.165, 1.54) is 12.1 Å². The number of hydrogen-bond acceptors (Lipinski definition) is 6. The summed E-state index contributed by atoms with van der Waals surface area (Å²) in [5, 5.41) is 10.8. The molecular weight excluding hydrogens is 463 g/mol. The molecule has 1 aliphatic rings. The largest absolute Gasteiger partial charge is 0.497 e. The first-order chi connectivity index (χ1) is 14.9. The summed E-state index contributed by atoms with van der Waals surface area (Å²) in [4.78, 5) is 17.4. The van der Waals surface area contributed by atoms with Gasteiger partial charge in [-0.1, -0.05) is 23.2 Å². The van der Waals surface area contributed by atoms with E-state index in [-0.39, 0.29) is 24.2 Å². The number of ether oxygens (including phenoxy) is 3. The van der Waals surface area contributed by atoms with E-state index in [2.05, 4.69) is 4.98 Å². The molecule has 10 heteroatoms. The number of pyridine rings is 1. The molecule has 1 unspecified atom stereocenters. The topological polar surface area (TPSA) is 81.1 Å². The lowest BCUT2D eigenvalue weighted by atomic mass is 10.1. The zero-order valence-corrected chi connectivity index (χ0v) is 18.5. The Morgan fingerprint density at radius 3 is 2.71 bits per heavy atom. The maximum Gasteiger partial charge on any atom is 0.354 e. The zero-order valence-electron chi connectivity index (χ0n) is 16.2. The Morgan fingerprint density at radius 1 is 1.29 bits per heavy atom. The number of hydrogen-bond donors (Lipinski definition) is 1. The lowest BCUT2D eigenvalue weighted by Crippen LogP contribution is -2.26. The average molecular weight is 479 g/mol. The van der Waals surface area contributed by atoms with Crippen molar-refractivity contribution in [1.29, 1.82) is 0 Å². The third-order valence-corrected chi connectivity index (χ3v) is 5.52. The van der Waals surface area contributed by atoms with Crippen LogP contribution in [-0.2, 0) is 4.74 Å². The molecule has 0 radical (unpaired) electrons. The minimum atomic E-state index is -1.19. The number of aromatic nitrogens is 1. The first kappa shape index (κ1) is 21.4. The fraction of sp³-hybridized carbons (Fsp3) is 0.190. The number of carbonyl (C=O) groups is 1. The highest BCUT2D eigenvalue weighted by molar-refractivity contribution is 7.80. The molecule has 4 rings (SSSR count). The van der Waals surface area contributed by atoms with Gasteiger partial charge in [0.1, 0.15) is 18.1 Å². The Balaban J connectivity index is 1.55. The molecule has 0 amide bonds. The van der Waals surface area contributed by atoms with E-state index < -0.39 is 5.97 Å². The number of fused-ring (bicyclic) bond motifs is 1. The third kappa shape index (κ3) is 4.46. The molecule has 1 saturated heterocycles. The second-order valence-electron chi connectivity index (χ2n) is 6.72. The SMILES string of the molecule is COc1ccc(N2CC(COc3cc(C(=O)O)nc4cc(Cl)cc(Cl)c34)OC2=S)cc1. The number of nitrogens with zero attached hydrogens (tertiary/aromatic N) is 2. The highest BCUT2D eigenvalue weighted by Crippen LogP contribution is 2.35. The Kier molecular flexibility index (Phi) is 6.04. The van der Waals surface area contributed by atoms with Crippen molar-refractivity contribution >= 4 is 63.2 Å². The molecule has 2 aromatic carbocycles. The van der Waals surface area contributed by atoms with Gasteiger partial charge in [0, 0.05) is 16.8 Å². The van der Waals surface area contributed by atoms with Crippen molar-refractivity contribution < 1.29 is 24.1 Å². The van der Waals surface area contributed by atoms with Crippen LogP contribution in [-0.4, -0.2) is 47.6 Å². The van der Waals surface area contributed by atoms with Crippen molar-refractivity contribution in [2.75, 3.05) is 25.2 Å². The average Bonchev–Trinajstić information content (AvgIpc) is 3.11. The number of aromatic carboxylic acids is 1. The van der Waals surface area contributed by atoms with Crippen molar-refractivity contribution in [3.8, 4) is 11.5 Å². The van der Waals surface area contributed by atoms with Gasteiger partial charge in [0.2, 0.25) is 0 Å². The van der Waals surface area contributed by atoms with Gasteiger partial charge < -0.3 is 19.3 Å². The van der Waals surface area contributed by atoms with Gasteiger partial charge in [-0.25, -0.2) is 9.78 Å². The van der Waals surface area contributed by atoms with Crippen LogP contribution in [0.15, 0.2) is 42.5 Å². The molecule has 0 aliphatic carbocycles. The lowest BCUT2D eigenvalue weighted by Gasteiger charge is -2.16. The van der Waals surface area contributed by atoms with Crippen molar-refractivity contribution in [3.05, 3.63) is 58.2 Å². The maximum atomic E-state index is 11.5. The van der Waals surface area contributed by atoms with Gasteiger partial charge >= 0.3 is 5.97 Å². The second kappa shape index (κ2) is 8.74. The van der Waals surface area contributed by atoms with Crippen LogP contribution in [0, 0.1) is 0 Å². The Labute approximate surface area is 193 Å². The van der Waals surface area contributed by atoms with E-state index in [0.717, 1.165) is 11.4 Å². The molecule has 0 saturated carbocycles. The number of rotatable bonds is 6. The van der Waals surface area contributed by atoms with E-state index in [1.54, 1.807) is 13.2 Å². The smallest absolute Gasteiger partial charge is 0.354 e. The van der Waals surface area contributed by atoms with Gasteiger partial charge in [0.25, 0.3) is 5.17 Å². The van der Waals surface area contributed by atoms with Crippen molar-refractivity contribution in [1.82, 2.24) is 4.98 Å². The Bertz CT molecular complexity index is 1170. The summed E-state index contributed by atoms with van der Waals surface area (Å²) in [7, 11) is 1.60. The Hall–Kier alpha value is -2.81. The summed E-state index contributed by atoms with van der Waals surface area (Å²) in [5.41, 5.74) is 1.02. The van der Waals surface area contributed by atoms with Crippen molar-refractivity contribution in [2.45, 2.75) is 6.10 Å². The molecule has 31 heavy (non-hydrogen) atoms. The van der Waals surface area contributed by atoms with Crippen molar-refractivity contribution in [3.63, 3.8) is 0 Å². The summed E-state index contributed by atoms with van der Waals surface area (Å²) in [5.74, 6) is -0.168. The number of anilines is 1. The van der Waals surface area contributed by atoms with E-state index in [0.29, 0.717) is 32.7 Å². The minimum Gasteiger partial charge on any atom is -0.497 e. The molecule has 3 aromatic rings. The number of thiocarbonyl (C=S) groups is 1. The first-order valence-electron chi connectivity index (χ1n) is 9.14. The van der Waals surface area contributed by atoms with Gasteiger partial charge in [0.15, 0.2) is 11.8 Å². The highest BCUT2D eigenvalue weighted by Gasteiger charge is 2.30. The fourth-order valence-corrected chi connectivity index (χ4v) is 4.13. The molecule has 1 N–H and O–H groups in total. The molecule has 2 heterocycles. The molecule has 160 valence electrons. The molecule has 1 aliphatic heterocycles. The van der Waals surface area contributed by atoms with E-state index in [9.17, 15) is 9.90 Å². The maximum absolute atomic E-state index is 11.5. The van der Waals surface area contributed by atoms with E-state index in [1.807, 2.05) is 29.2 Å². The molecule has 1 aromatic heterocycles. The van der Waals surface area contributed by atoms with Gasteiger partial charge in [-0.05, 0) is 48.6 Å². The lowest BCUT2D eigenvalue weighted by molar-refractivity contribution is 0.0690. The second-order valence-corrected chi connectivity index (χ2v) is 7.91. The Morgan fingerprint density at radius 2 is 2.03 bits per heavy atom. The van der Waals surface area contributed by atoms with Gasteiger partial charge in [-0.15, -0.1) is 0 Å². The van der Waals surface area contributed by atoms with Crippen molar-refractivity contribution in [2.24, 2.45) is 0 Å². The number of carboxylic acids is 1. The monoisotopic (exact) mass is 478 g/mol. The van der Waals surface area contributed by atoms with Crippen LogP contribution in [0.4, 0.5) is 5.69 Å². The molecule has 7 nitrogen and oxygen atoms in total. The van der Waals surface area contributed by atoms with E-state index in [4.69, 9.17) is 49.6 Å². The van der Waals surface area contributed by atoms with Crippen LogP contribution in [0.3, 0.4) is 0 Å². The first-order valence-corrected chi connectivity index (χ1v) is 10.3. The minimum absolute atomic E-state index is 0.129. The summed E-state index contributed by atoms with van der Waals surface area (Å²) < 4.78 is 16.9. The number of methoxy groups -OCH3 is 1. The van der Waals surface area contributed by atoms with E-state index >= 15 is 0 Å². The number of halogens is 2. The summed E-state index contributed by atoms with van der Waals surface area (Å²) >= 11 is 17.7. The van der Waals surface area contributed by atoms with Gasteiger partial charge in [-0.2, -0.15) is 0 Å². The predicted octanol–water partition coefficient (Wildman–Crippen LogP) is 4.82. The summed E-state index contributed by atoms with van der Waals surface area (Å²) in [6.45, 7) is 0.601. The summed E-state index contributed by atoms with van der Waals surface area (Å²) in [6.07, 6.45) is -0.364. The normalized spacial score (nSPS) is 15.8. The van der Waals surface area contributed by atoms with Crippen LogP contribution in [0.2, 0.25) is 10.0 Å². The highest BCUT2D eigenvalue weighted by atomic mass is 35.5. The fourth-order valence-electron chi connectivity index (χ4n) is 3.24. The third-order valence-electron chi connectivity index (χ3n) is 4.69. The zero-order chi connectivity index (χ0) is 22.1. The molecule has 0 bridgehead atoms.